The Morgan fingerprint density at radius 1 is 1.12 bits per heavy atom. The van der Waals surface area contributed by atoms with Gasteiger partial charge in [-0.3, -0.25) is 9.69 Å². The molecule has 1 amide bonds. The smallest absolute Gasteiger partial charge is 0.247 e. The highest BCUT2D eigenvalue weighted by Crippen LogP contribution is 2.33. The first-order valence-corrected chi connectivity index (χ1v) is 11.6. The molecular weight excluding hydrogens is 434 g/mol. The summed E-state index contributed by atoms with van der Waals surface area (Å²) in [5, 5.41) is 7.98. The van der Waals surface area contributed by atoms with Crippen LogP contribution < -0.4 is 15.4 Å². The average Bonchev–Trinajstić information content (AvgIpc) is 3.26. The molecule has 0 radical (unpaired) electrons. The molecule has 2 aromatic carbocycles. The van der Waals surface area contributed by atoms with Crippen LogP contribution in [0.25, 0.3) is 10.2 Å². The predicted molar refractivity (Wildman–Crippen MR) is 132 cm³/mol. The van der Waals surface area contributed by atoms with Gasteiger partial charge in [-0.2, -0.15) is 4.98 Å². The van der Waals surface area contributed by atoms with Crippen LogP contribution in [0, 0.1) is 0 Å². The van der Waals surface area contributed by atoms with Gasteiger partial charge in [0.1, 0.15) is 10.4 Å². The minimum absolute atomic E-state index is 0.280. The topological polar surface area (TPSA) is 79.4 Å². The Kier molecular flexibility index (Phi) is 6.01. The normalized spacial score (nSPS) is 13.3. The molecule has 1 fully saturated rings. The third kappa shape index (κ3) is 5.02. The lowest BCUT2D eigenvalue weighted by atomic mass is 10.1. The molecule has 1 aliphatic rings. The molecule has 33 heavy (non-hydrogen) atoms. The molecule has 0 saturated carbocycles. The third-order valence-corrected chi connectivity index (χ3v) is 6.23. The number of anilines is 3. The maximum Gasteiger partial charge on any atom is 0.247 e. The summed E-state index contributed by atoms with van der Waals surface area (Å²) < 4.78 is 6.96. The van der Waals surface area contributed by atoms with Crippen molar-refractivity contribution in [2.45, 2.75) is 13.0 Å². The lowest BCUT2D eigenvalue weighted by molar-refractivity contribution is -0.111. The largest absolute Gasteiger partial charge is 0.437 e. The number of aromatic nitrogens is 2. The summed E-state index contributed by atoms with van der Waals surface area (Å²) in [4.78, 5) is 23.3. The minimum Gasteiger partial charge on any atom is -0.437 e. The van der Waals surface area contributed by atoms with Gasteiger partial charge in [0.25, 0.3) is 0 Å². The Morgan fingerprint density at radius 3 is 2.73 bits per heavy atom. The van der Waals surface area contributed by atoms with Crippen LogP contribution in [0.1, 0.15) is 12.0 Å². The number of thiophene rings is 1. The summed E-state index contributed by atoms with van der Waals surface area (Å²) in [6, 6.07) is 17.4. The van der Waals surface area contributed by atoms with E-state index in [1.165, 1.54) is 42.5 Å². The summed E-state index contributed by atoms with van der Waals surface area (Å²) in [6.07, 6.45) is 2.52. The van der Waals surface area contributed by atoms with Crippen molar-refractivity contribution in [1.82, 2.24) is 14.9 Å². The van der Waals surface area contributed by atoms with Gasteiger partial charge in [-0.25, -0.2) is 4.98 Å². The number of carbonyl (C=O) groups is 1. The lowest BCUT2D eigenvalue weighted by Gasteiger charge is -2.30. The number of rotatable bonds is 8. The molecule has 0 unspecified atom stereocenters. The summed E-state index contributed by atoms with van der Waals surface area (Å²) in [5.41, 5.74) is 3.63. The van der Waals surface area contributed by atoms with Gasteiger partial charge >= 0.3 is 0 Å². The number of fused-ring (bicyclic) bond motifs is 1. The number of amides is 1. The first-order valence-electron chi connectivity index (χ1n) is 10.7. The number of ether oxygens (including phenoxy) is 1. The standard InChI is InChI=1S/C25H23N5O2S/c1-2-22(31)26-19-5-3-6-20(15-19)32-24-23-21(11-14-33-23)28-25(29-24)27-18-9-7-17(8-10-18)16-30-12-4-13-30/h2-3,5-11,14-15H,1,4,12-13,16H2,(H,26,31)(H,27,28,29). The van der Waals surface area contributed by atoms with Crippen LogP contribution in [-0.2, 0) is 11.3 Å². The molecule has 0 spiro atoms. The molecule has 0 bridgehead atoms. The Balaban J connectivity index is 1.36. The SMILES string of the molecule is C=CC(=O)Nc1cccc(Oc2nc(Nc3ccc(CN4CCC4)cc3)nc3ccsc23)c1. The van der Waals surface area contributed by atoms with Crippen molar-refractivity contribution >= 4 is 44.8 Å². The van der Waals surface area contributed by atoms with E-state index in [-0.39, 0.29) is 5.91 Å². The molecule has 4 aromatic rings. The number of carbonyl (C=O) groups excluding carboxylic acids is 1. The molecule has 2 aromatic heterocycles. The molecule has 3 heterocycles. The molecule has 0 atom stereocenters. The van der Waals surface area contributed by atoms with Gasteiger partial charge in [-0.15, -0.1) is 11.3 Å². The van der Waals surface area contributed by atoms with E-state index in [4.69, 9.17) is 4.74 Å². The van der Waals surface area contributed by atoms with Gasteiger partial charge in [0, 0.05) is 24.0 Å². The van der Waals surface area contributed by atoms with E-state index in [1.54, 1.807) is 12.1 Å². The summed E-state index contributed by atoms with van der Waals surface area (Å²) in [6.45, 7) is 6.83. The molecule has 2 N–H and O–H groups in total. The zero-order valence-electron chi connectivity index (χ0n) is 18.0. The van der Waals surface area contributed by atoms with E-state index < -0.39 is 0 Å². The Labute approximate surface area is 195 Å². The van der Waals surface area contributed by atoms with Crippen molar-refractivity contribution in [3.05, 3.63) is 78.2 Å². The summed E-state index contributed by atoms with van der Waals surface area (Å²) in [7, 11) is 0. The number of nitrogens with one attached hydrogen (secondary N) is 2. The van der Waals surface area contributed by atoms with Crippen LogP contribution in [0.4, 0.5) is 17.3 Å². The molecule has 5 rings (SSSR count). The quantitative estimate of drug-likeness (QED) is 0.337. The van der Waals surface area contributed by atoms with Crippen molar-refractivity contribution in [2.24, 2.45) is 0 Å². The van der Waals surface area contributed by atoms with E-state index in [0.717, 1.165) is 22.4 Å². The molecule has 0 aliphatic carbocycles. The number of benzene rings is 2. The molecule has 1 saturated heterocycles. The third-order valence-electron chi connectivity index (χ3n) is 5.34. The van der Waals surface area contributed by atoms with Crippen LogP contribution in [0.3, 0.4) is 0 Å². The van der Waals surface area contributed by atoms with Crippen molar-refractivity contribution in [3.8, 4) is 11.6 Å². The fourth-order valence-corrected chi connectivity index (χ4v) is 4.28. The van der Waals surface area contributed by atoms with Gasteiger partial charge < -0.3 is 15.4 Å². The van der Waals surface area contributed by atoms with Crippen molar-refractivity contribution in [1.29, 1.82) is 0 Å². The van der Waals surface area contributed by atoms with E-state index in [1.807, 2.05) is 35.7 Å². The van der Waals surface area contributed by atoms with Crippen LogP contribution in [0.15, 0.2) is 72.6 Å². The van der Waals surface area contributed by atoms with Crippen LogP contribution in [0.5, 0.6) is 11.6 Å². The number of hydrogen-bond donors (Lipinski definition) is 2. The molecular formula is C25H23N5O2S. The number of nitrogens with zero attached hydrogens (tertiary/aromatic N) is 3. The highest BCUT2D eigenvalue weighted by molar-refractivity contribution is 7.17. The van der Waals surface area contributed by atoms with Gasteiger partial charge in [0.05, 0.1) is 5.52 Å². The van der Waals surface area contributed by atoms with Crippen LogP contribution in [-0.4, -0.2) is 33.9 Å². The Morgan fingerprint density at radius 2 is 1.97 bits per heavy atom. The van der Waals surface area contributed by atoms with Gasteiger partial charge in [0.2, 0.25) is 17.7 Å². The molecule has 8 heteroatoms. The first-order chi connectivity index (χ1) is 16.2. The van der Waals surface area contributed by atoms with Gasteiger partial charge in [0.15, 0.2) is 0 Å². The van der Waals surface area contributed by atoms with Gasteiger partial charge in [-0.1, -0.05) is 24.8 Å². The van der Waals surface area contributed by atoms with Crippen molar-refractivity contribution < 1.29 is 9.53 Å². The molecule has 166 valence electrons. The van der Waals surface area contributed by atoms with Crippen molar-refractivity contribution in [2.75, 3.05) is 23.7 Å². The Bertz CT molecular complexity index is 1300. The van der Waals surface area contributed by atoms with E-state index >= 15 is 0 Å². The predicted octanol–water partition coefficient (Wildman–Crippen LogP) is 5.56. The van der Waals surface area contributed by atoms with E-state index in [2.05, 4.69) is 44.2 Å². The van der Waals surface area contributed by atoms with Gasteiger partial charge in [-0.05, 0) is 66.9 Å². The van der Waals surface area contributed by atoms with Crippen LogP contribution >= 0.6 is 11.3 Å². The highest BCUT2D eigenvalue weighted by Gasteiger charge is 2.14. The fourth-order valence-electron chi connectivity index (χ4n) is 3.52. The second-order valence-corrected chi connectivity index (χ2v) is 8.68. The lowest BCUT2D eigenvalue weighted by Crippen LogP contribution is -2.36. The molecule has 1 aliphatic heterocycles. The van der Waals surface area contributed by atoms with E-state index in [0.29, 0.717) is 23.3 Å². The second kappa shape index (κ2) is 9.40. The Hall–Kier alpha value is -3.75. The van der Waals surface area contributed by atoms with Crippen molar-refractivity contribution in [3.63, 3.8) is 0 Å². The minimum atomic E-state index is -0.280. The zero-order valence-corrected chi connectivity index (χ0v) is 18.8. The summed E-state index contributed by atoms with van der Waals surface area (Å²) >= 11 is 1.52. The fraction of sp³-hybridized carbons (Fsp3) is 0.160. The average molecular weight is 458 g/mol. The van der Waals surface area contributed by atoms with E-state index in [9.17, 15) is 4.79 Å². The summed E-state index contributed by atoms with van der Waals surface area (Å²) in [5.74, 6) is 1.20. The monoisotopic (exact) mass is 457 g/mol. The maximum absolute atomic E-state index is 11.6. The second-order valence-electron chi connectivity index (χ2n) is 7.76. The first kappa shape index (κ1) is 21.1. The highest BCUT2D eigenvalue weighted by atomic mass is 32.1. The molecule has 7 nitrogen and oxygen atoms in total. The number of likely N-dealkylation sites (tertiary alicyclic amines) is 1. The number of hydrogen-bond acceptors (Lipinski definition) is 7. The maximum atomic E-state index is 11.6. The zero-order chi connectivity index (χ0) is 22.6. The van der Waals surface area contributed by atoms with Crippen LogP contribution in [0.2, 0.25) is 0 Å².